The molecule has 0 unspecified atom stereocenters. The van der Waals surface area contributed by atoms with Gasteiger partial charge in [0, 0.05) is 13.7 Å². The number of nitrogens with one attached hydrogen (secondary N) is 1. The van der Waals surface area contributed by atoms with E-state index in [0.717, 1.165) is 4.90 Å². The maximum atomic E-state index is 12.4. The number of hydrogen-bond donors (Lipinski definition) is 1. The Balaban J connectivity index is 2.01. The molecule has 132 valence electrons. The van der Waals surface area contributed by atoms with Crippen LogP contribution in [-0.4, -0.2) is 63.5 Å². The van der Waals surface area contributed by atoms with Gasteiger partial charge in [-0.1, -0.05) is 5.16 Å². The van der Waals surface area contributed by atoms with E-state index >= 15 is 0 Å². The quantitative estimate of drug-likeness (QED) is 0.689. The van der Waals surface area contributed by atoms with Gasteiger partial charge in [-0.3, -0.25) is 14.5 Å². The van der Waals surface area contributed by atoms with Crippen LogP contribution in [0.1, 0.15) is 32.5 Å². The van der Waals surface area contributed by atoms with Gasteiger partial charge in [0.05, 0.1) is 0 Å². The van der Waals surface area contributed by atoms with Crippen molar-refractivity contribution < 1.29 is 23.6 Å². The number of nitrogens with zero attached hydrogens (tertiary/aromatic N) is 4. The summed E-state index contributed by atoms with van der Waals surface area (Å²) in [6.07, 6.45) is 0. The summed E-state index contributed by atoms with van der Waals surface area (Å²) in [7, 11) is 1.51. The second-order valence-corrected chi connectivity index (χ2v) is 5.89. The number of methoxy groups -OCH3 is 1. The number of aromatic nitrogens is 2. The smallest absolute Gasteiger partial charge is 0.325 e. The van der Waals surface area contributed by atoms with Gasteiger partial charge < -0.3 is 19.5 Å². The summed E-state index contributed by atoms with van der Waals surface area (Å²) in [5.74, 6) is -0.177. The van der Waals surface area contributed by atoms with Crippen molar-refractivity contribution in [3.8, 4) is 0 Å². The zero-order valence-corrected chi connectivity index (χ0v) is 14.2. The van der Waals surface area contributed by atoms with E-state index in [1.165, 1.54) is 12.0 Å². The highest BCUT2D eigenvalue weighted by atomic mass is 16.5. The molecule has 2 rings (SSSR count). The molecule has 0 saturated carbocycles. The molecule has 0 aromatic carbocycles. The fraction of sp³-hybridized carbons (Fsp3) is 0.643. The van der Waals surface area contributed by atoms with E-state index < -0.39 is 17.5 Å². The Morgan fingerprint density at radius 1 is 1.42 bits per heavy atom. The SMILES string of the molecule is CCN(Cc1nc(COC)no1)C(=O)CN1C(=O)NC(C)(C)C1=O. The Morgan fingerprint density at radius 3 is 2.67 bits per heavy atom. The molecule has 0 bridgehead atoms. The Morgan fingerprint density at radius 2 is 2.12 bits per heavy atom. The van der Waals surface area contributed by atoms with Gasteiger partial charge in [0.2, 0.25) is 11.8 Å². The number of ether oxygens (including phenoxy) is 1. The van der Waals surface area contributed by atoms with Gasteiger partial charge >= 0.3 is 6.03 Å². The standard InChI is InChI=1S/C14H21N5O5/c1-5-18(6-10-15-9(8-23-4)17-24-10)11(20)7-19-12(21)14(2,3)16-13(19)22/h5-8H2,1-4H3,(H,16,22). The third kappa shape index (κ3) is 3.70. The largest absolute Gasteiger partial charge is 0.377 e. The number of urea groups is 1. The lowest BCUT2D eigenvalue weighted by molar-refractivity contribution is -0.138. The molecule has 2 heterocycles. The molecule has 0 spiro atoms. The highest BCUT2D eigenvalue weighted by Crippen LogP contribution is 2.16. The molecular formula is C14H21N5O5. The number of carbonyl (C=O) groups excluding carboxylic acids is 3. The zero-order chi connectivity index (χ0) is 17.9. The first kappa shape index (κ1) is 17.9. The first-order valence-electron chi connectivity index (χ1n) is 7.50. The van der Waals surface area contributed by atoms with Crippen LogP contribution in [0.25, 0.3) is 0 Å². The molecule has 4 amide bonds. The molecule has 1 aromatic heterocycles. The van der Waals surface area contributed by atoms with E-state index in [1.807, 2.05) is 0 Å². The highest BCUT2D eigenvalue weighted by Gasteiger charge is 2.45. The minimum atomic E-state index is -1.00. The predicted octanol–water partition coefficient (Wildman–Crippen LogP) is -0.105. The van der Waals surface area contributed by atoms with E-state index in [1.54, 1.807) is 20.8 Å². The molecule has 10 heteroatoms. The number of likely N-dealkylation sites (N-methyl/N-ethyl adjacent to an activating group) is 1. The van der Waals surface area contributed by atoms with Gasteiger partial charge in [-0.05, 0) is 20.8 Å². The monoisotopic (exact) mass is 339 g/mol. The lowest BCUT2D eigenvalue weighted by atomic mass is 10.1. The van der Waals surface area contributed by atoms with Crippen molar-refractivity contribution in [2.75, 3.05) is 20.2 Å². The summed E-state index contributed by atoms with van der Waals surface area (Å²) in [5.41, 5.74) is -1.00. The Labute approximate surface area is 139 Å². The third-order valence-corrected chi connectivity index (χ3v) is 3.58. The Bertz CT molecular complexity index is 641. The van der Waals surface area contributed by atoms with Crippen molar-refractivity contribution in [1.82, 2.24) is 25.3 Å². The first-order chi connectivity index (χ1) is 11.3. The van der Waals surface area contributed by atoms with Crippen LogP contribution in [0, 0.1) is 0 Å². The Hall–Kier alpha value is -2.49. The third-order valence-electron chi connectivity index (χ3n) is 3.58. The predicted molar refractivity (Wildman–Crippen MR) is 80.4 cm³/mol. The van der Waals surface area contributed by atoms with Crippen molar-refractivity contribution in [1.29, 1.82) is 0 Å². The second kappa shape index (κ2) is 6.95. The van der Waals surface area contributed by atoms with E-state index in [4.69, 9.17) is 9.26 Å². The fourth-order valence-electron chi connectivity index (χ4n) is 2.28. The van der Waals surface area contributed by atoms with Gasteiger partial charge in [-0.25, -0.2) is 4.79 Å². The van der Waals surface area contributed by atoms with Crippen LogP contribution < -0.4 is 5.32 Å². The fourth-order valence-corrected chi connectivity index (χ4v) is 2.28. The van der Waals surface area contributed by atoms with Crippen LogP contribution in [0.2, 0.25) is 0 Å². The molecule has 0 radical (unpaired) electrons. The van der Waals surface area contributed by atoms with Crippen molar-refractivity contribution >= 4 is 17.8 Å². The molecule has 1 fully saturated rings. The molecule has 0 atom stereocenters. The van der Waals surface area contributed by atoms with Gasteiger partial charge in [0.25, 0.3) is 5.91 Å². The van der Waals surface area contributed by atoms with Crippen LogP contribution >= 0.6 is 0 Å². The summed E-state index contributed by atoms with van der Waals surface area (Å²) in [5, 5.41) is 6.26. The molecule has 1 aliphatic heterocycles. The van der Waals surface area contributed by atoms with E-state index in [0.29, 0.717) is 12.4 Å². The van der Waals surface area contributed by atoms with Gasteiger partial charge in [-0.2, -0.15) is 4.98 Å². The zero-order valence-electron chi connectivity index (χ0n) is 14.2. The van der Waals surface area contributed by atoms with Gasteiger partial charge in [0.15, 0.2) is 5.82 Å². The van der Waals surface area contributed by atoms with Crippen LogP contribution in [0.4, 0.5) is 4.79 Å². The average molecular weight is 339 g/mol. The average Bonchev–Trinajstić information content (AvgIpc) is 3.03. The summed E-state index contributed by atoms with van der Waals surface area (Å²) < 4.78 is 9.95. The lowest BCUT2D eigenvalue weighted by Crippen LogP contribution is -2.44. The van der Waals surface area contributed by atoms with E-state index in [9.17, 15) is 14.4 Å². The van der Waals surface area contributed by atoms with Crippen molar-refractivity contribution in [3.05, 3.63) is 11.7 Å². The minimum absolute atomic E-state index is 0.0963. The molecule has 24 heavy (non-hydrogen) atoms. The summed E-state index contributed by atoms with van der Waals surface area (Å²) in [6, 6.07) is -0.574. The Kier molecular flexibility index (Phi) is 5.17. The van der Waals surface area contributed by atoms with Crippen molar-refractivity contribution in [2.24, 2.45) is 0 Å². The van der Waals surface area contributed by atoms with Gasteiger partial charge in [0.1, 0.15) is 25.2 Å². The molecule has 10 nitrogen and oxygen atoms in total. The molecule has 1 saturated heterocycles. The molecule has 1 aromatic rings. The van der Waals surface area contributed by atoms with Crippen LogP contribution in [0.15, 0.2) is 4.52 Å². The van der Waals surface area contributed by atoms with E-state index in [2.05, 4.69) is 15.5 Å². The van der Waals surface area contributed by atoms with Crippen LogP contribution in [-0.2, 0) is 27.5 Å². The maximum Gasteiger partial charge on any atom is 0.325 e. The topological polar surface area (TPSA) is 118 Å². The van der Waals surface area contributed by atoms with Gasteiger partial charge in [-0.15, -0.1) is 0 Å². The second-order valence-electron chi connectivity index (χ2n) is 5.89. The highest BCUT2D eigenvalue weighted by molar-refractivity contribution is 6.08. The van der Waals surface area contributed by atoms with Crippen LogP contribution in [0.5, 0.6) is 0 Å². The first-order valence-corrected chi connectivity index (χ1v) is 7.50. The van der Waals surface area contributed by atoms with Crippen molar-refractivity contribution in [3.63, 3.8) is 0 Å². The van der Waals surface area contributed by atoms with Crippen LogP contribution in [0.3, 0.4) is 0 Å². The lowest BCUT2D eigenvalue weighted by Gasteiger charge is -2.22. The summed E-state index contributed by atoms with van der Waals surface area (Å²) in [6.45, 7) is 5.30. The normalized spacial score (nSPS) is 16.4. The molecule has 1 N–H and O–H groups in total. The molecular weight excluding hydrogens is 318 g/mol. The van der Waals surface area contributed by atoms with E-state index in [-0.39, 0.29) is 31.5 Å². The summed E-state index contributed by atoms with van der Waals surface area (Å²) >= 11 is 0. The number of hydrogen-bond acceptors (Lipinski definition) is 7. The number of carbonyl (C=O) groups is 3. The molecule has 0 aliphatic carbocycles. The maximum absolute atomic E-state index is 12.4. The molecule has 1 aliphatic rings. The number of amides is 4. The summed E-state index contributed by atoms with van der Waals surface area (Å²) in [4.78, 5) is 42.8. The minimum Gasteiger partial charge on any atom is -0.377 e. The number of rotatable bonds is 7. The van der Waals surface area contributed by atoms with Crippen molar-refractivity contribution in [2.45, 2.75) is 39.5 Å². The number of imide groups is 1.